The Hall–Kier alpha value is -0.200. The highest BCUT2D eigenvalue weighted by Gasteiger charge is 1.56. The SMILES string of the molecule is CNC.NCCO.NCCO. The van der Waals surface area contributed by atoms with Crippen molar-refractivity contribution in [2.24, 2.45) is 11.5 Å². The summed E-state index contributed by atoms with van der Waals surface area (Å²) in [5, 5.41) is 18.2. The predicted octanol–water partition coefficient (Wildman–Crippen LogP) is -2.29. The highest BCUT2D eigenvalue weighted by atomic mass is 16.3. The van der Waals surface area contributed by atoms with E-state index in [0.29, 0.717) is 13.1 Å². The van der Waals surface area contributed by atoms with Crippen molar-refractivity contribution in [3.8, 4) is 0 Å². The summed E-state index contributed by atoms with van der Waals surface area (Å²) in [6, 6.07) is 0. The fraction of sp³-hybridized carbons (Fsp3) is 1.00. The molecule has 0 rings (SSSR count). The summed E-state index contributed by atoms with van der Waals surface area (Å²) in [4.78, 5) is 0. The number of rotatable bonds is 2. The van der Waals surface area contributed by atoms with Gasteiger partial charge in [0.2, 0.25) is 0 Å². The normalized spacial score (nSPS) is 7.09. The smallest absolute Gasteiger partial charge is 0.0553 e. The molecule has 0 aromatic carbocycles. The molecule has 0 unspecified atom stereocenters. The van der Waals surface area contributed by atoms with Crippen LogP contribution in [0.1, 0.15) is 0 Å². The van der Waals surface area contributed by atoms with Crippen LogP contribution >= 0.6 is 0 Å². The number of hydrogen-bond acceptors (Lipinski definition) is 5. The molecular weight excluding hydrogens is 146 g/mol. The van der Waals surface area contributed by atoms with Crippen LogP contribution in [0.3, 0.4) is 0 Å². The highest BCUT2D eigenvalue weighted by molar-refractivity contribution is 4.17. The van der Waals surface area contributed by atoms with Crippen molar-refractivity contribution in [1.82, 2.24) is 5.32 Å². The number of hydrogen-bond donors (Lipinski definition) is 5. The van der Waals surface area contributed by atoms with Gasteiger partial charge in [0.15, 0.2) is 0 Å². The topological polar surface area (TPSA) is 105 Å². The van der Waals surface area contributed by atoms with Crippen LogP contribution in [0.2, 0.25) is 0 Å². The van der Waals surface area contributed by atoms with Crippen molar-refractivity contribution in [3.63, 3.8) is 0 Å². The van der Waals surface area contributed by atoms with E-state index in [1.165, 1.54) is 0 Å². The van der Waals surface area contributed by atoms with Gasteiger partial charge in [-0.25, -0.2) is 0 Å². The van der Waals surface area contributed by atoms with Crippen LogP contribution < -0.4 is 16.8 Å². The quantitative estimate of drug-likeness (QED) is 0.318. The molecule has 0 aliphatic rings. The second-order valence-corrected chi connectivity index (χ2v) is 1.52. The van der Waals surface area contributed by atoms with E-state index < -0.39 is 0 Å². The predicted molar refractivity (Wildman–Crippen MR) is 47.3 cm³/mol. The molecule has 0 fully saturated rings. The van der Waals surface area contributed by atoms with E-state index in [1.807, 2.05) is 14.1 Å². The third-order valence-corrected chi connectivity index (χ3v) is 0.258. The van der Waals surface area contributed by atoms with Crippen molar-refractivity contribution >= 4 is 0 Å². The molecule has 0 radical (unpaired) electrons. The summed E-state index contributed by atoms with van der Waals surface area (Å²) in [5.41, 5.74) is 9.56. The van der Waals surface area contributed by atoms with Crippen LogP contribution in [0.15, 0.2) is 0 Å². The number of aliphatic hydroxyl groups is 2. The molecule has 72 valence electrons. The van der Waals surface area contributed by atoms with Crippen LogP contribution in [-0.4, -0.2) is 50.6 Å². The molecule has 7 N–H and O–H groups in total. The minimum Gasteiger partial charge on any atom is -0.395 e. The maximum atomic E-state index is 7.75. The van der Waals surface area contributed by atoms with Crippen LogP contribution in [0.4, 0.5) is 0 Å². The fourth-order valence-corrected chi connectivity index (χ4v) is 0. The molecule has 0 amide bonds. The Labute approximate surface area is 68.4 Å². The molecule has 0 aliphatic carbocycles. The van der Waals surface area contributed by atoms with Crippen molar-refractivity contribution in [2.45, 2.75) is 0 Å². The Kier molecular flexibility index (Phi) is 51.1. The summed E-state index contributed by atoms with van der Waals surface area (Å²) in [5.74, 6) is 0. The van der Waals surface area contributed by atoms with E-state index >= 15 is 0 Å². The van der Waals surface area contributed by atoms with E-state index in [-0.39, 0.29) is 13.2 Å². The van der Waals surface area contributed by atoms with E-state index in [1.54, 1.807) is 0 Å². The molecule has 11 heavy (non-hydrogen) atoms. The van der Waals surface area contributed by atoms with Crippen molar-refractivity contribution in [3.05, 3.63) is 0 Å². The van der Waals surface area contributed by atoms with Crippen LogP contribution in [0.25, 0.3) is 0 Å². The Morgan fingerprint density at radius 2 is 1.09 bits per heavy atom. The molecule has 0 atom stereocenters. The summed E-state index contributed by atoms with van der Waals surface area (Å²) in [6.45, 7) is 0.944. The summed E-state index contributed by atoms with van der Waals surface area (Å²) in [6.07, 6.45) is 0. The van der Waals surface area contributed by atoms with Crippen molar-refractivity contribution in [2.75, 3.05) is 40.4 Å². The van der Waals surface area contributed by atoms with Gasteiger partial charge in [-0.2, -0.15) is 0 Å². The summed E-state index contributed by atoms with van der Waals surface area (Å²) >= 11 is 0. The number of nitrogens with two attached hydrogens (primary N) is 2. The molecule has 5 heteroatoms. The average molecular weight is 167 g/mol. The first kappa shape index (κ1) is 17.0. The molecule has 0 aromatic rings. The van der Waals surface area contributed by atoms with E-state index in [2.05, 4.69) is 5.32 Å². The lowest BCUT2D eigenvalue weighted by molar-refractivity contribution is 0.306. The summed E-state index contributed by atoms with van der Waals surface area (Å²) in [7, 11) is 3.75. The number of aliphatic hydroxyl groups excluding tert-OH is 2. The second kappa shape index (κ2) is 32.9. The Bertz CT molecular complexity index is 31.0. The van der Waals surface area contributed by atoms with Gasteiger partial charge in [-0.3, -0.25) is 0 Å². The van der Waals surface area contributed by atoms with Crippen LogP contribution in [-0.2, 0) is 0 Å². The van der Waals surface area contributed by atoms with Crippen LogP contribution in [0, 0.1) is 0 Å². The average Bonchev–Trinajstić information content (AvgIpc) is 2.06. The Morgan fingerprint density at radius 1 is 1.00 bits per heavy atom. The highest BCUT2D eigenvalue weighted by Crippen LogP contribution is 1.33. The lowest BCUT2D eigenvalue weighted by Crippen LogP contribution is -2.02. The molecule has 0 aliphatic heterocycles. The van der Waals surface area contributed by atoms with Crippen molar-refractivity contribution in [1.29, 1.82) is 0 Å². The standard InChI is InChI=1S/2C2H7NO.C2H7N/c2*3-1-2-4;1-3-2/h2*4H,1-3H2;3H,1-2H3. The zero-order valence-electron chi connectivity index (χ0n) is 7.38. The zero-order chi connectivity index (χ0) is 9.54. The van der Waals surface area contributed by atoms with Gasteiger partial charge in [-0.05, 0) is 14.1 Å². The first-order chi connectivity index (χ1) is 5.24. The maximum absolute atomic E-state index is 7.75. The van der Waals surface area contributed by atoms with E-state index in [4.69, 9.17) is 21.7 Å². The first-order valence-corrected chi connectivity index (χ1v) is 3.45. The monoisotopic (exact) mass is 167 g/mol. The lowest BCUT2D eigenvalue weighted by atomic mass is 10.8. The van der Waals surface area contributed by atoms with Gasteiger partial charge in [0.05, 0.1) is 13.2 Å². The molecule has 0 aromatic heterocycles. The van der Waals surface area contributed by atoms with Gasteiger partial charge in [0, 0.05) is 13.1 Å². The van der Waals surface area contributed by atoms with Gasteiger partial charge < -0.3 is 27.0 Å². The third-order valence-electron chi connectivity index (χ3n) is 0.258. The van der Waals surface area contributed by atoms with Gasteiger partial charge in [-0.1, -0.05) is 0 Å². The Morgan fingerprint density at radius 3 is 1.09 bits per heavy atom. The lowest BCUT2D eigenvalue weighted by Gasteiger charge is -1.71. The third kappa shape index (κ3) is 184. The molecular formula is C6H21N3O2. The minimum absolute atomic E-state index is 0.0972. The molecule has 0 saturated heterocycles. The van der Waals surface area contributed by atoms with E-state index in [0.717, 1.165) is 0 Å². The molecule has 0 bridgehead atoms. The van der Waals surface area contributed by atoms with E-state index in [9.17, 15) is 0 Å². The molecule has 0 heterocycles. The fourth-order valence-electron chi connectivity index (χ4n) is 0. The first-order valence-electron chi connectivity index (χ1n) is 3.45. The number of nitrogens with one attached hydrogen (secondary N) is 1. The Balaban J connectivity index is -0.0000000886. The van der Waals surface area contributed by atoms with Gasteiger partial charge in [-0.15, -0.1) is 0 Å². The van der Waals surface area contributed by atoms with Crippen LogP contribution in [0.5, 0.6) is 0 Å². The maximum Gasteiger partial charge on any atom is 0.0553 e. The second-order valence-electron chi connectivity index (χ2n) is 1.52. The molecule has 0 saturated carbocycles. The molecule has 0 spiro atoms. The molecule has 5 nitrogen and oxygen atoms in total. The largest absolute Gasteiger partial charge is 0.395 e. The van der Waals surface area contributed by atoms with Gasteiger partial charge >= 0.3 is 0 Å². The van der Waals surface area contributed by atoms with Crippen molar-refractivity contribution < 1.29 is 10.2 Å². The minimum atomic E-state index is 0.0972. The van der Waals surface area contributed by atoms with Gasteiger partial charge in [0.1, 0.15) is 0 Å². The van der Waals surface area contributed by atoms with Gasteiger partial charge in [0.25, 0.3) is 0 Å². The summed E-state index contributed by atoms with van der Waals surface area (Å²) < 4.78 is 0. The zero-order valence-corrected chi connectivity index (χ0v) is 7.38.